The molecule has 164 valence electrons. The van der Waals surface area contributed by atoms with Gasteiger partial charge in [0.25, 0.3) is 0 Å². The molecule has 1 aromatic heterocycles. The Balaban J connectivity index is 1.76. The molecular formula is C27H39NO2. The van der Waals surface area contributed by atoms with Crippen molar-refractivity contribution < 1.29 is 9.53 Å². The zero-order valence-corrected chi connectivity index (χ0v) is 19.2. The number of unbranched alkanes of at least 4 members (excludes halogenated alkanes) is 5. The first kappa shape index (κ1) is 24.1. The molecule has 1 atom stereocenters. The van der Waals surface area contributed by atoms with E-state index in [0.29, 0.717) is 12.2 Å². The van der Waals surface area contributed by atoms with E-state index in [2.05, 4.69) is 37.9 Å². The van der Waals surface area contributed by atoms with Crippen LogP contribution in [0.4, 0.5) is 0 Å². The van der Waals surface area contributed by atoms with E-state index in [0.717, 1.165) is 36.4 Å². The molecule has 3 heteroatoms. The van der Waals surface area contributed by atoms with Crippen LogP contribution in [0.3, 0.4) is 0 Å². The summed E-state index contributed by atoms with van der Waals surface area (Å²) in [5.74, 6) is 1.20. The second kappa shape index (κ2) is 14.0. The number of nitrogens with zero attached hydrogens (tertiary/aromatic N) is 1. The van der Waals surface area contributed by atoms with Gasteiger partial charge in [-0.15, -0.1) is 0 Å². The number of hydrogen-bond donors (Lipinski definition) is 0. The summed E-state index contributed by atoms with van der Waals surface area (Å²) < 4.78 is 5.47. The van der Waals surface area contributed by atoms with Gasteiger partial charge >= 0.3 is 5.97 Å². The summed E-state index contributed by atoms with van der Waals surface area (Å²) in [6.07, 6.45) is 14.4. The zero-order chi connectivity index (χ0) is 21.6. The molecule has 30 heavy (non-hydrogen) atoms. The normalized spacial score (nSPS) is 12.0. The van der Waals surface area contributed by atoms with Gasteiger partial charge in [-0.1, -0.05) is 71.8 Å². The molecule has 0 aliphatic rings. The zero-order valence-electron chi connectivity index (χ0n) is 19.2. The molecule has 0 aliphatic carbocycles. The quantitative estimate of drug-likeness (QED) is 0.182. The average Bonchev–Trinajstić information content (AvgIpc) is 2.77. The predicted octanol–water partition coefficient (Wildman–Crippen LogP) is 7.77. The molecule has 0 spiro atoms. The maximum absolute atomic E-state index is 12.0. The monoisotopic (exact) mass is 409 g/mol. The fraction of sp³-hybridized carbons (Fsp3) is 0.556. The number of carbonyl (C=O) groups excluding carboxylic acids is 1. The lowest BCUT2D eigenvalue weighted by atomic mass is 10.0. The Bertz CT molecular complexity index is 722. The summed E-state index contributed by atoms with van der Waals surface area (Å²) in [5.41, 5.74) is 3.29. The van der Waals surface area contributed by atoms with Gasteiger partial charge in [0.15, 0.2) is 0 Å². The molecule has 2 aromatic rings. The smallest absolute Gasteiger partial charge is 0.311 e. The van der Waals surface area contributed by atoms with E-state index in [1.807, 2.05) is 30.5 Å². The fourth-order valence-electron chi connectivity index (χ4n) is 3.52. The van der Waals surface area contributed by atoms with Crippen LogP contribution < -0.4 is 4.74 Å². The molecule has 0 fully saturated rings. The van der Waals surface area contributed by atoms with Gasteiger partial charge in [0.05, 0.1) is 5.69 Å². The Hall–Kier alpha value is -2.16. The van der Waals surface area contributed by atoms with Crippen molar-refractivity contribution in [3.05, 3.63) is 48.2 Å². The van der Waals surface area contributed by atoms with Crippen LogP contribution >= 0.6 is 0 Å². The third-order valence-corrected chi connectivity index (χ3v) is 5.80. The summed E-state index contributed by atoms with van der Waals surface area (Å²) in [6.45, 7) is 6.72. The van der Waals surface area contributed by atoms with Gasteiger partial charge < -0.3 is 4.74 Å². The van der Waals surface area contributed by atoms with Gasteiger partial charge in [-0.25, -0.2) is 0 Å². The Kier molecular flexibility index (Phi) is 11.2. The lowest BCUT2D eigenvalue weighted by molar-refractivity contribution is -0.134. The molecule has 0 saturated heterocycles. The van der Waals surface area contributed by atoms with E-state index in [9.17, 15) is 4.79 Å². The maximum Gasteiger partial charge on any atom is 0.311 e. The third kappa shape index (κ3) is 9.11. The van der Waals surface area contributed by atoms with E-state index in [1.165, 1.54) is 50.5 Å². The molecule has 1 heterocycles. The lowest BCUT2D eigenvalue weighted by Crippen LogP contribution is -2.07. The molecule has 3 nitrogen and oxygen atoms in total. The first-order valence-electron chi connectivity index (χ1n) is 11.9. The second-order valence-corrected chi connectivity index (χ2v) is 8.47. The number of esters is 1. The third-order valence-electron chi connectivity index (χ3n) is 5.80. The number of ether oxygens (including phenoxy) is 1. The van der Waals surface area contributed by atoms with Crippen LogP contribution in [-0.2, 0) is 11.2 Å². The largest absolute Gasteiger partial charge is 0.427 e. The van der Waals surface area contributed by atoms with Crippen molar-refractivity contribution in [2.45, 2.75) is 91.4 Å². The summed E-state index contributed by atoms with van der Waals surface area (Å²) in [7, 11) is 0. The van der Waals surface area contributed by atoms with Crippen LogP contribution in [0, 0.1) is 5.92 Å². The number of rotatable bonds is 14. The topological polar surface area (TPSA) is 39.2 Å². The minimum Gasteiger partial charge on any atom is -0.427 e. The van der Waals surface area contributed by atoms with Crippen LogP contribution in [-0.4, -0.2) is 11.0 Å². The van der Waals surface area contributed by atoms with E-state index >= 15 is 0 Å². The highest BCUT2D eigenvalue weighted by molar-refractivity contribution is 5.72. The highest BCUT2D eigenvalue weighted by Crippen LogP contribution is 2.22. The Labute approximate surface area is 183 Å². The maximum atomic E-state index is 12.0. The summed E-state index contributed by atoms with van der Waals surface area (Å²) >= 11 is 0. The van der Waals surface area contributed by atoms with Crippen LogP contribution in [0.25, 0.3) is 11.3 Å². The molecule has 1 unspecified atom stereocenters. The number of pyridine rings is 1. The molecule has 0 radical (unpaired) electrons. The van der Waals surface area contributed by atoms with Crippen LogP contribution in [0.5, 0.6) is 5.75 Å². The highest BCUT2D eigenvalue weighted by atomic mass is 16.5. The number of hydrogen-bond acceptors (Lipinski definition) is 3. The Morgan fingerprint density at radius 3 is 2.37 bits per heavy atom. The van der Waals surface area contributed by atoms with Crippen molar-refractivity contribution >= 4 is 5.97 Å². The summed E-state index contributed by atoms with van der Waals surface area (Å²) in [5, 5.41) is 0. The van der Waals surface area contributed by atoms with Gasteiger partial charge in [0.2, 0.25) is 0 Å². The van der Waals surface area contributed by atoms with Gasteiger partial charge in [-0.05, 0) is 61.1 Å². The molecule has 1 aromatic carbocycles. The molecule has 0 amide bonds. The lowest BCUT2D eigenvalue weighted by Gasteiger charge is -2.08. The summed E-state index contributed by atoms with van der Waals surface area (Å²) in [6, 6.07) is 11.9. The molecule has 0 N–H and O–H groups in total. The molecule has 0 saturated carbocycles. The van der Waals surface area contributed by atoms with Crippen molar-refractivity contribution in [1.29, 1.82) is 0 Å². The van der Waals surface area contributed by atoms with Crippen molar-refractivity contribution in [3.8, 4) is 17.0 Å². The molecule has 0 aliphatic heterocycles. The van der Waals surface area contributed by atoms with E-state index in [1.54, 1.807) is 0 Å². The second-order valence-electron chi connectivity index (χ2n) is 8.47. The van der Waals surface area contributed by atoms with E-state index < -0.39 is 0 Å². The van der Waals surface area contributed by atoms with Crippen LogP contribution in [0.1, 0.15) is 90.5 Å². The van der Waals surface area contributed by atoms with Gasteiger partial charge in [-0.3, -0.25) is 9.78 Å². The first-order chi connectivity index (χ1) is 14.6. The average molecular weight is 410 g/mol. The van der Waals surface area contributed by atoms with E-state index in [-0.39, 0.29) is 5.97 Å². The molecule has 2 rings (SSSR count). The van der Waals surface area contributed by atoms with Gasteiger partial charge in [0, 0.05) is 18.2 Å². The van der Waals surface area contributed by atoms with Crippen molar-refractivity contribution in [3.63, 3.8) is 0 Å². The van der Waals surface area contributed by atoms with Gasteiger partial charge in [0.1, 0.15) is 5.75 Å². The summed E-state index contributed by atoms with van der Waals surface area (Å²) in [4.78, 5) is 16.6. The van der Waals surface area contributed by atoms with Crippen molar-refractivity contribution in [1.82, 2.24) is 4.98 Å². The van der Waals surface area contributed by atoms with Gasteiger partial charge in [-0.2, -0.15) is 0 Å². The number of carbonyl (C=O) groups is 1. The number of aryl methyl sites for hydroxylation is 1. The predicted molar refractivity (Wildman–Crippen MR) is 126 cm³/mol. The number of benzene rings is 1. The van der Waals surface area contributed by atoms with Crippen molar-refractivity contribution in [2.24, 2.45) is 5.92 Å². The van der Waals surface area contributed by atoms with Crippen molar-refractivity contribution in [2.75, 3.05) is 0 Å². The standard InChI is InChI=1S/C27H39NO2/c1-4-6-7-8-9-13-23-15-20-26(28-21-23)24-16-18-25(19-17-24)30-27(29)14-11-10-12-22(3)5-2/h15-22H,4-14H2,1-3H3. The highest BCUT2D eigenvalue weighted by Gasteiger charge is 2.07. The fourth-order valence-corrected chi connectivity index (χ4v) is 3.52. The minimum atomic E-state index is -0.145. The molecular weight excluding hydrogens is 370 g/mol. The Morgan fingerprint density at radius 1 is 0.933 bits per heavy atom. The Morgan fingerprint density at radius 2 is 1.70 bits per heavy atom. The van der Waals surface area contributed by atoms with Crippen LogP contribution in [0.2, 0.25) is 0 Å². The van der Waals surface area contributed by atoms with E-state index in [4.69, 9.17) is 4.74 Å². The molecule has 0 bridgehead atoms. The van der Waals surface area contributed by atoms with Crippen LogP contribution in [0.15, 0.2) is 42.6 Å². The SMILES string of the molecule is CCCCCCCc1ccc(-c2ccc(OC(=O)CCCCC(C)CC)cc2)nc1. The number of aromatic nitrogens is 1. The first-order valence-corrected chi connectivity index (χ1v) is 11.9. The minimum absolute atomic E-state index is 0.145.